The first kappa shape index (κ1) is 26.9. The number of aromatic amines is 1. The Morgan fingerprint density at radius 2 is 1.77 bits per heavy atom. The van der Waals surface area contributed by atoms with Crippen LogP contribution < -0.4 is 25.8 Å². The number of halogens is 3. The fourth-order valence-electron chi connectivity index (χ4n) is 3.71. The van der Waals surface area contributed by atoms with E-state index in [1.807, 2.05) is 0 Å². The molecule has 0 unspecified atom stereocenters. The van der Waals surface area contributed by atoms with Crippen molar-refractivity contribution in [3.8, 4) is 11.5 Å². The van der Waals surface area contributed by atoms with Gasteiger partial charge in [0.15, 0.2) is 17.4 Å². The number of aromatic nitrogens is 2. The molecule has 12 heteroatoms. The predicted molar refractivity (Wildman–Crippen MR) is 139 cm³/mol. The SMILES string of the molecule is CCNc1cc[nH]c(=O)c1C(=O)N(c1ccc(F)cc1)c1cc(F)c(Oc2ccnc(NC(C)=O)c2)cc1F. The molecule has 0 bridgehead atoms. The maximum Gasteiger partial charge on any atom is 0.270 e. The lowest BCUT2D eigenvalue weighted by Gasteiger charge is -2.25. The van der Waals surface area contributed by atoms with E-state index in [4.69, 9.17) is 4.74 Å². The Morgan fingerprint density at radius 1 is 1.03 bits per heavy atom. The van der Waals surface area contributed by atoms with Crippen molar-refractivity contribution < 1.29 is 27.5 Å². The van der Waals surface area contributed by atoms with Crippen molar-refractivity contribution in [3.05, 3.63) is 100 Å². The summed E-state index contributed by atoms with van der Waals surface area (Å²) < 4.78 is 49.9. The van der Waals surface area contributed by atoms with Crippen LogP contribution in [-0.2, 0) is 4.79 Å². The smallest absolute Gasteiger partial charge is 0.270 e. The van der Waals surface area contributed by atoms with Gasteiger partial charge < -0.3 is 20.4 Å². The monoisotopic (exact) mass is 537 g/mol. The third-order valence-electron chi connectivity index (χ3n) is 5.34. The van der Waals surface area contributed by atoms with Gasteiger partial charge in [-0.25, -0.2) is 18.2 Å². The van der Waals surface area contributed by atoms with Crippen LogP contribution in [0.3, 0.4) is 0 Å². The Labute approximate surface area is 220 Å². The Balaban J connectivity index is 1.79. The largest absolute Gasteiger partial charge is 0.454 e. The molecule has 9 nitrogen and oxygen atoms in total. The number of nitrogens with one attached hydrogen (secondary N) is 3. The molecule has 2 heterocycles. The molecule has 4 aromatic rings. The zero-order chi connectivity index (χ0) is 28.1. The summed E-state index contributed by atoms with van der Waals surface area (Å²) in [7, 11) is 0. The molecule has 0 saturated heterocycles. The molecule has 2 aromatic carbocycles. The zero-order valence-corrected chi connectivity index (χ0v) is 20.7. The van der Waals surface area contributed by atoms with Gasteiger partial charge in [-0.2, -0.15) is 0 Å². The number of rotatable bonds is 8. The first-order valence-electron chi connectivity index (χ1n) is 11.6. The van der Waals surface area contributed by atoms with E-state index in [0.29, 0.717) is 6.54 Å². The van der Waals surface area contributed by atoms with Crippen molar-refractivity contribution in [2.45, 2.75) is 13.8 Å². The Bertz CT molecular complexity index is 1590. The molecule has 0 aliphatic heterocycles. The Hall–Kier alpha value is -5.13. The molecule has 4 rings (SSSR count). The van der Waals surface area contributed by atoms with Crippen LogP contribution in [0.15, 0.2) is 71.8 Å². The minimum Gasteiger partial charge on any atom is -0.454 e. The number of hydrogen-bond acceptors (Lipinski definition) is 6. The van der Waals surface area contributed by atoms with Crippen LogP contribution in [0.25, 0.3) is 0 Å². The van der Waals surface area contributed by atoms with Crippen molar-refractivity contribution in [1.82, 2.24) is 9.97 Å². The third kappa shape index (κ3) is 6.06. The number of hydrogen-bond donors (Lipinski definition) is 3. The van der Waals surface area contributed by atoms with Crippen LogP contribution in [0.4, 0.5) is 36.1 Å². The van der Waals surface area contributed by atoms with Gasteiger partial charge in [-0.3, -0.25) is 19.3 Å². The van der Waals surface area contributed by atoms with Crippen LogP contribution in [0.5, 0.6) is 11.5 Å². The summed E-state index contributed by atoms with van der Waals surface area (Å²) in [6.45, 7) is 3.40. The average Bonchev–Trinajstić information content (AvgIpc) is 2.88. The third-order valence-corrected chi connectivity index (χ3v) is 5.34. The van der Waals surface area contributed by atoms with Crippen molar-refractivity contribution in [2.75, 3.05) is 22.1 Å². The van der Waals surface area contributed by atoms with Crippen molar-refractivity contribution in [3.63, 3.8) is 0 Å². The maximum absolute atomic E-state index is 15.5. The van der Waals surface area contributed by atoms with Crippen LogP contribution in [0.2, 0.25) is 0 Å². The van der Waals surface area contributed by atoms with E-state index in [0.717, 1.165) is 29.2 Å². The molecule has 2 amide bonds. The minimum absolute atomic E-state index is 0.0202. The van der Waals surface area contributed by atoms with Crippen molar-refractivity contribution in [2.24, 2.45) is 0 Å². The van der Waals surface area contributed by atoms with Gasteiger partial charge in [-0.15, -0.1) is 0 Å². The number of ether oxygens (including phenoxy) is 1. The number of amides is 2. The highest BCUT2D eigenvalue weighted by Crippen LogP contribution is 2.36. The molecule has 0 spiro atoms. The van der Waals surface area contributed by atoms with Crippen molar-refractivity contribution >= 4 is 34.7 Å². The number of benzene rings is 2. The van der Waals surface area contributed by atoms with Gasteiger partial charge in [0.2, 0.25) is 5.91 Å². The number of anilines is 4. The highest BCUT2D eigenvalue weighted by Gasteiger charge is 2.28. The summed E-state index contributed by atoms with van der Waals surface area (Å²) >= 11 is 0. The normalized spacial score (nSPS) is 10.6. The van der Waals surface area contributed by atoms with Gasteiger partial charge in [0.25, 0.3) is 11.5 Å². The minimum atomic E-state index is -1.07. The topological polar surface area (TPSA) is 116 Å². The quantitative estimate of drug-likeness (QED) is 0.279. The van der Waals surface area contributed by atoms with E-state index in [1.165, 1.54) is 49.6 Å². The highest BCUT2D eigenvalue weighted by molar-refractivity contribution is 6.13. The molecule has 0 fully saturated rings. The second kappa shape index (κ2) is 11.5. The lowest BCUT2D eigenvalue weighted by molar-refractivity contribution is -0.114. The molecule has 2 aromatic heterocycles. The first-order chi connectivity index (χ1) is 18.7. The van der Waals surface area contributed by atoms with Gasteiger partial charge in [0, 0.05) is 49.7 Å². The first-order valence-corrected chi connectivity index (χ1v) is 11.6. The fourth-order valence-corrected chi connectivity index (χ4v) is 3.71. The second-order valence-electron chi connectivity index (χ2n) is 8.14. The average molecular weight is 537 g/mol. The molecular formula is C27H22F3N5O4. The van der Waals surface area contributed by atoms with Crippen LogP contribution in [0.1, 0.15) is 24.2 Å². The number of carbonyl (C=O) groups is 2. The molecule has 200 valence electrons. The van der Waals surface area contributed by atoms with E-state index < -0.39 is 40.4 Å². The van der Waals surface area contributed by atoms with E-state index in [1.54, 1.807) is 6.92 Å². The van der Waals surface area contributed by atoms with E-state index in [9.17, 15) is 18.8 Å². The lowest BCUT2D eigenvalue weighted by atomic mass is 10.1. The fraction of sp³-hybridized carbons (Fsp3) is 0.111. The molecular weight excluding hydrogens is 515 g/mol. The zero-order valence-electron chi connectivity index (χ0n) is 20.7. The number of carbonyl (C=O) groups excluding carboxylic acids is 2. The van der Waals surface area contributed by atoms with Gasteiger partial charge in [0.1, 0.15) is 22.9 Å². The number of nitrogens with zero attached hydrogens (tertiary/aromatic N) is 2. The molecule has 0 aliphatic carbocycles. The summed E-state index contributed by atoms with van der Waals surface area (Å²) in [5, 5.41) is 5.34. The van der Waals surface area contributed by atoms with E-state index in [-0.39, 0.29) is 34.4 Å². The van der Waals surface area contributed by atoms with E-state index in [2.05, 4.69) is 20.6 Å². The molecule has 0 saturated carbocycles. The Morgan fingerprint density at radius 3 is 2.46 bits per heavy atom. The van der Waals surface area contributed by atoms with Crippen LogP contribution in [0, 0.1) is 17.5 Å². The summed E-state index contributed by atoms with van der Waals surface area (Å²) in [6.07, 6.45) is 2.64. The molecule has 39 heavy (non-hydrogen) atoms. The van der Waals surface area contributed by atoms with E-state index >= 15 is 8.78 Å². The molecule has 0 atom stereocenters. The second-order valence-corrected chi connectivity index (χ2v) is 8.14. The van der Waals surface area contributed by atoms with Crippen LogP contribution in [-0.4, -0.2) is 28.3 Å². The maximum atomic E-state index is 15.5. The Kier molecular flexibility index (Phi) is 7.94. The molecule has 0 aliphatic rings. The van der Waals surface area contributed by atoms with Gasteiger partial charge in [-0.05, 0) is 43.3 Å². The van der Waals surface area contributed by atoms with Crippen LogP contribution >= 0.6 is 0 Å². The summed E-state index contributed by atoms with van der Waals surface area (Å²) in [4.78, 5) is 44.8. The summed E-state index contributed by atoms with van der Waals surface area (Å²) in [6, 6.07) is 10.1. The standard InChI is InChI=1S/C27H22F3N5O4/c1-3-31-21-9-11-33-26(37)25(21)27(38)35(17-6-4-16(28)5-7-17)22-13-20(30)23(14-19(22)29)39-18-8-10-32-24(12-18)34-15(2)36/h4-14H,3H2,1-2H3,(H2,31,33,37)(H,32,34,36). The van der Waals surface area contributed by atoms with Gasteiger partial charge >= 0.3 is 0 Å². The summed E-state index contributed by atoms with van der Waals surface area (Å²) in [5.74, 6) is -4.44. The molecule has 0 radical (unpaired) electrons. The highest BCUT2D eigenvalue weighted by atomic mass is 19.1. The van der Waals surface area contributed by atoms with Gasteiger partial charge in [0.05, 0.1) is 11.4 Å². The lowest BCUT2D eigenvalue weighted by Crippen LogP contribution is -2.33. The number of pyridine rings is 2. The summed E-state index contributed by atoms with van der Waals surface area (Å²) in [5.41, 5.74) is -1.51. The molecule has 3 N–H and O–H groups in total. The van der Waals surface area contributed by atoms with Gasteiger partial charge in [-0.1, -0.05) is 0 Å². The predicted octanol–water partition coefficient (Wildman–Crippen LogP) is 5.35. The van der Waals surface area contributed by atoms with Crippen molar-refractivity contribution in [1.29, 1.82) is 0 Å². The number of H-pyrrole nitrogens is 1.